The van der Waals surface area contributed by atoms with Gasteiger partial charge < -0.3 is 4.74 Å². The summed E-state index contributed by atoms with van der Waals surface area (Å²) in [5, 5.41) is 0. The molecule has 0 aliphatic rings. The highest BCUT2D eigenvalue weighted by atomic mass is 16.6. The molecule has 1 aromatic carbocycles. The van der Waals surface area contributed by atoms with Crippen molar-refractivity contribution in [2.75, 3.05) is 7.05 Å². The Morgan fingerprint density at radius 2 is 1.95 bits per heavy atom. The number of rotatable bonds is 3. The molecule has 1 aromatic rings. The van der Waals surface area contributed by atoms with Crippen LogP contribution in [0.4, 0.5) is 4.79 Å². The Morgan fingerprint density at radius 3 is 2.42 bits per heavy atom. The lowest BCUT2D eigenvalue weighted by Crippen LogP contribution is -2.41. The third-order valence-electron chi connectivity index (χ3n) is 2.61. The second-order valence-electron chi connectivity index (χ2n) is 5.46. The van der Waals surface area contributed by atoms with Gasteiger partial charge in [-0.1, -0.05) is 36.3 Å². The Hall–Kier alpha value is -1.95. The maximum atomic E-state index is 12.0. The maximum absolute atomic E-state index is 12.0. The SMILES string of the molecule is C#C[C@@H](Cc1ccccc1)N(C)C(=O)OC(C)(C)C. The van der Waals surface area contributed by atoms with Crippen LogP contribution in [0.1, 0.15) is 26.3 Å². The van der Waals surface area contributed by atoms with Crippen LogP contribution >= 0.6 is 0 Å². The van der Waals surface area contributed by atoms with E-state index in [1.54, 1.807) is 7.05 Å². The smallest absolute Gasteiger partial charge is 0.411 e. The molecular weight excluding hydrogens is 238 g/mol. The zero-order valence-electron chi connectivity index (χ0n) is 12.0. The summed E-state index contributed by atoms with van der Waals surface area (Å²) in [4.78, 5) is 13.4. The molecule has 0 aliphatic carbocycles. The summed E-state index contributed by atoms with van der Waals surface area (Å²) in [6.07, 6.45) is 5.74. The van der Waals surface area contributed by atoms with Gasteiger partial charge in [0.1, 0.15) is 5.60 Å². The van der Waals surface area contributed by atoms with Crippen molar-refractivity contribution in [2.24, 2.45) is 0 Å². The van der Waals surface area contributed by atoms with Gasteiger partial charge in [-0.05, 0) is 26.3 Å². The first-order valence-electron chi connectivity index (χ1n) is 6.29. The number of carbonyl (C=O) groups excluding carboxylic acids is 1. The van der Waals surface area contributed by atoms with Crippen LogP contribution < -0.4 is 0 Å². The van der Waals surface area contributed by atoms with Crippen molar-refractivity contribution in [3.05, 3.63) is 35.9 Å². The Balaban J connectivity index is 2.70. The van der Waals surface area contributed by atoms with Crippen molar-refractivity contribution in [3.63, 3.8) is 0 Å². The average Bonchev–Trinajstić information content (AvgIpc) is 2.34. The summed E-state index contributed by atoms with van der Waals surface area (Å²) in [5.41, 5.74) is 0.581. The van der Waals surface area contributed by atoms with Gasteiger partial charge in [-0.15, -0.1) is 6.42 Å². The summed E-state index contributed by atoms with van der Waals surface area (Å²) < 4.78 is 5.31. The molecule has 1 rings (SSSR count). The minimum Gasteiger partial charge on any atom is -0.444 e. The molecule has 1 atom stereocenters. The second-order valence-corrected chi connectivity index (χ2v) is 5.46. The topological polar surface area (TPSA) is 29.5 Å². The minimum absolute atomic E-state index is 0.308. The molecule has 1 amide bonds. The summed E-state index contributed by atoms with van der Waals surface area (Å²) in [7, 11) is 1.67. The van der Waals surface area contributed by atoms with Crippen LogP contribution in [-0.4, -0.2) is 29.7 Å². The third-order valence-corrected chi connectivity index (χ3v) is 2.61. The maximum Gasteiger partial charge on any atom is 0.411 e. The van der Waals surface area contributed by atoms with Gasteiger partial charge in [0.2, 0.25) is 0 Å². The molecule has 0 unspecified atom stereocenters. The van der Waals surface area contributed by atoms with E-state index < -0.39 is 11.7 Å². The number of likely N-dealkylation sites (N-methyl/N-ethyl adjacent to an activating group) is 1. The van der Waals surface area contributed by atoms with E-state index in [1.807, 2.05) is 51.1 Å². The van der Waals surface area contributed by atoms with E-state index in [2.05, 4.69) is 5.92 Å². The van der Waals surface area contributed by atoms with Gasteiger partial charge in [-0.25, -0.2) is 4.79 Å². The Morgan fingerprint density at radius 1 is 1.37 bits per heavy atom. The van der Waals surface area contributed by atoms with E-state index in [0.29, 0.717) is 6.42 Å². The zero-order chi connectivity index (χ0) is 14.5. The zero-order valence-corrected chi connectivity index (χ0v) is 12.0. The molecule has 0 spiro atoms. The number of terminal acetylenes is 1. The molecule has 3 nitrogen and oxygen atoms in total. The number of amides is 1. The second kappa shape index (κ2) is 6.29. The lowest BCUT2D eigenvalue weighted by molar-refractivity contribution is 0.0262. The molecule has 0 radical (unpaired) electrons. The van der Waals surface area contributed by atoms with E-state index in [0.717, 1.165) is 5.56 Å². The normalized spacial score (nSPS) is 12.4. The van der Waals surface area contributed by atoms with Crippen LogP contribution in [0.15, 0.2) is 30.3 Å². The molecular formula is C16H21NO2. The van der Waals surface area contributed by atoms with Crippen LogP contribution in [0.2, 0.25) is 0 Å². The molecule has 19 heavy (non-hydrogen) atoms. The van der Waals surface area contributed by atoms with Crippen LogP contribution in [-0.2, 0) is 11.2 Å². The largest absolute Gasteiger partial charge is 0.444 e. The average molecular weight is 259 g/mol. The lowest BCUT2D eigenvalue weighted by atomic mass is 10.1. The van der Waals surface area contributed by atoms with Gasteiger partial charge in [0.25, 0.3) is 0 Å². The number of hydrogen-bond acceptors (Lipinski definition) is 2. The van der Waals surface area contributed by atoms with Crippen LogP contribution in [0.5, 0.6) is 0 Å². The summed E-state index contributed by atoms with van der Waals surface area (Å²) in [6.45, 7) is 5.50. The molecule has 0 saturated carbocycles. The molecule has 0 N–H and O–H groups in total. The Kier molecular flexibility index (Phi) is 5.00. The van der Waals surface area contributed by atoms with Crippen molar-refractivity contribution in [2.45, 2.75) is 38.8 Å². The van der Waals surface area contributed by atoms with Crippen LogP contribution in [0.3, 0.4) is 0 Å². The molecule has 102 valence electrons. The number of carbonyl (C=O) groups is 1. The molecule has 0 fully saturated rings. The summed E-state index contributed by atoms with van der Waals surface area (Å²) in [6, 6.07) is 9.54. The van der Waals surface area contributed by atoms with Crippen molar-refractivity contribution >= 4 is 6.09 Å². The molecule has 0 aliphatic heterocycles. The third kappa shape index (κ3) is 5.05. The van der Waals surface area contributed by atoms with Gasteiger partial charge in [-0.2, -0.15) is 0 Å². The molecule has 0 saturated heterocycles. The fraction of sp³-hybridized carbons (Fsp3) is 0.438. The van der Waals surface area contributed by atoms with Gasteiger partial charge >= 0.3 is 6.09 Å². The van der Waals surface area contributed by atoms with Crippen molar-refractivity contribution in [1.82, 2.24) is 4.90 Å². The molecule has 0 heterocycles. The quantitative estimate of drug-likeness (QED) is 0.781. The van der Waals surface area contributed by atoms with Crippen molar-refractivity contribution < 1.29 is 9.53 Å². The molecule has 0 bridgehead atoms. The first-order chi connectivity index (χ1) is 8.83. The fourth-order valence-electron chi connectivity index (χ4n) is 1.61. The molecule has 0 aromatic heterocycles. The highest BCUT2D eigenvalue weighted by Crippen LogP contribution is 2.13. The van der Waals surface area contributed by atoms with Gasteiger partial charge in [0, 0.05) is 13.5 Å². The van der Waals surface area contributed by atoms with E-state index >= 15 is 0 Å². The van der Waals surface area contributed by atoms with E-state index in [9.17, 15) is 4.79 Å². The fourth-order valence-corrected chi connectivity index (χ4v) is 1.61. The van der Waals surface area contributed by atoms with Gasteiger partial charge in [0.15, 0.2) is 0 Å². The standard InChI is InChI=1S/C16H21NO2/c1-6-14(12-13-10-8-7-9-11-13)17(5)15(18)19-16(2,3)4/h1,7-11,14H,12H2,2-5H3/t14-/m0/s1. The summed E-state index contributed by atoms with van der Waals surface area (Å²) >= 11 is 0. The number of benzene rings is 1. The molecule has 3 heteroatoms. The number of hydrogen-bond donors (Lipinski definition) is 0. The number of ether oxygens (including phenoxy) is 1. The monoisotopic (exact) mass is 259 g/mol. The van der Waals surface area contributed by atoms with E-state index in [4.69, 9.17) is 11.2 Å². The van der Waals surface area contributed by atoms with Crippen LogP contribution in [0.25, 0.3) is 0 Å². The first kappa shape index (κ1) is 15.1. The van der Waals surface area contributed by atoms with Crippen molar-refractivity contribution in [3.8, 4) is 12.3 Å². The lowest BCUT2D eigenvalue weighted by Gasteiger charge is -2.28. The predicted molar refractivity (Wildman–Crippen MR) is 76.8 cm³/mol. The Labute approximate surface area is 115 Å². The summed E-state index contributed by atoms with van der Waals surface area (Å²) in [5.74, 6) is 2.64. The highest BCUT2D eigenvalue weighted by molar-refractivity contribution is 5.68. The first-order valence-corrected chi connectivity index (χ1v) is 6.29. The Bertz CT molecular complexity index is 454. The van der Waals surface area contributed by atoms with E-state index in [-0.39, 0.29) is 6.04 Å². The van der Waals surface area contributed by atoms with Gasteiger partial charge in [0.05, 0.1) is 6.04 Å². The minimum atomic E-state index is -0.517. The van der Waals surface area contributed by atoms with E-state index in [1.165, 1.54) is 4.90 Å². The van der Waals surface area contributed by atoms with Crippen molar-refractivity contribution in [1.29, 1.82) is 0 Å². The van der Waals surface area contributed by atoms with Gasteiger partial charge in [-0.3, -0.25) is 4.90 Å². The number of nitrogens with zero attached hydrogens (tertiary/aromatic N) is 1. The van der Waals surface area contributed by atoms with Crippen LogP contribution in [0, 0.1) is 12.3 Å². The predicted octanol–water partition coefficient (Wildman–Crippen LogP) is 3.10. The highest BCUT2D eigenvalue weighted by Gasteiger charge is 2.24.